The van der Waals surface area contributed by atoms with Crippen LogP contribution in [0.4, 0.5) is 0 Å². The third kappa shape index (κ3) is 4.47. The number of rotatable bonds is 6. The van der Waals surface area contributed by atoms with Gasteiger partial charge < -0.3 is 15.0 Å². The van der Waals surface area contributed by atoms with Crippen LogP contribution in [0.1, 0.15) is 36.5 Å². The van der Waals surface area contributed by atoms with Crippen LogP contribution in [0.15, 0.2) is 12.1 Å². The van der Waals surface area contributed by atoms with Gasteiger partial charge in [-0.15, -0.1) is 0 Å². The maximum Gasteiger partial charge on any atom is 0.222 e. The molecule has 22 heavy (non-hydrogen) atoms. The van der Waals surface area contributed by atoms with Crippen LogP contribution in [-0.2, 0) is 11.2 Å². The van der Waals surface area contributed by atoms with Crippen LogP contribution in [0.5, 0.6) is 5.75 Å². The first-order chi connectivity index (χ1) is 10.6. The molecule has 122 valence electrons. The number of benzene rings is 1. The summed E-state index contributed by atoms with van der Waals surface area (Å²) in [7, 11) is 0. The van der Waals surface area contributed by atoms with Crippen LogP contribution in [0.2, 0.25) is 0 Å². The van der Waals surface area contributed by atoms with E-state index in [-0.39, 0.29) is 0 Å². The lowest BCUT2D eigenvalue weighted by Gasteiger charge is -2.27. The van der Waals surface area contributed by atoms with Crippen LogP contribution >= 0.6 is 0 Å². The van der Waals surface area contributed by atoms with Crippen molar-refractivity contribution in [2.45, 2.75) is 40.0 Å². The number of nitrogens with zero attached hydrogens (tertiary/aromatic N) is 1. The van der Waals surface area contributed by atoms with E-state index in [0.29, 0.717) is 18.9 Å². The maximum atomic E-state index is 12.2. The van der Waals surface area contributed by atoms with Gasteiger partial charge in [0.25, 0.3) is 0 Å². The minimum absolute atomic E-state index is 0.294. The van der Waals surface area contributed by atoms with Crippen molar-refractivity contribution in [3.8, 4) is 5.75 Å². The summed E-state index contributed by atoms with van der Waals surface area (Å²) in [5.74, 6) is 1.24. The van der Waals surface area contributed by atoms with Crippen LogP contribution in [0.25, 0.3) is 0 Å². The minimum atomic E-state index is 0.294. The topological polar surface area (TPSA) is 41.6 Å². The predicted octanol–water partition coefficient (Wildman–Crippen LogP) is 2.46. The summed E-state index contributed by atoms with van der Waals surface area (Å²) in [5.41, 5.74) is 3.88. The van der Waals surface area contributed by atoms with Gasteiger partial charge in [-0.25, -0.2) is 0 Å². The fourth-order valence-electron chi connectivity index (χ4n) is 3.09. The number of piperazine rings is 1. The van der Waals surface area contributed by atoms with Gasteiger partial charge >= 0.3 is 0 Å². The molecule has 0 radical (unpaired) electrons. The Kier molecular flexibility index (Phi) is 6.25. The summed E-state index contributed by atoms with van der Waals surface area (Å²) in [6, 6.07) is 4.20. The largest absolute Gasteiger partial charge is 0.494 e. The van der Waals surface area contributed by atoms with Crippen LogP contribution < -0.4 is 10.1 Å². The molecule has 1 saturated heterocycles. The summed E-state index contributed by atoms with van der Waals surface area (Å²) in [6.07, 6.45) is 2.52. The molecule has 1 N–H and O–H groups in total. The monoisotopic (exact) mass is 304 g/mol. The highest BCUT2D eigenvalue weighted by molar-refractivity contribution is 5.76. The van der Waals surface area contributed by atoms with Crippen molar-refractivity contribution < 1.29 is 9.53 Å². The average Bonchev–Trinajstić information content (AvgIpc) is 2.51. The predicted molar refractivity (Wildman–Crippen MR) is 89.5 cm³/mol. The van der Waals surface area contributed by atoms with Gasteiger partial charge in [-0.1, -0.05) is 0 Å². The quantitative estimate of drug-likeness (QED) is 0.878. The van der Waals surface area contributed by atoms with E-state index >= 15 is 0 Å². The molecule has 1 aromatic carbocycles. The molecule has 1 amide bonds. The van der Waals surface area contributed by atoms with E-state index in [2.05, 4.69) is 31.3 Å². The third-order valence-electron chi connectivity index (χ3n) is 4.27. The Morgan fingerprint density at radius 2 is 1.86 bits per heavy atom. The number of carbonyl (C=O) groups is 1. The lowest BCUT2D eigenvalue weighted by Crippen LogP contribution is -2.46. The van der Waals surface area contributed by atoms with E-state index < -0.39 is 0 Å². The number of carbonyl (C=O) groups excluding carboxylic acids is 1. The summed E-state index contributed by atoms with van der Waals surface area (Å²) >= 11 is 0. The maximum absolute atomic E-state index is 12.2. The van der Waals surface area contributed by atoms with Gasteiger partial charge in [0, 0.05) is 32.6 Å². The SMILES string of the molecule is CCOc1cc(C)c(CCCC(=O)N2CCNCC2)c(C)c1. The molecule has 0 spiro atoms. The summed E-state index contributed by atoms with van der Waals surface area (Å²) in [4.78, 5) is 14.2. The van der Waals surface area contributed by atoms with E-state index in [1.165, 1.54) is 16.7 Å². The lowest BCUT2D eigenvalue weighted by atomic mass is 9.97. The van der Waals surface area contributed by atoms with E-state index in [9.17, 15) is 4.79 Å². The third-order valence-corrected chi connectivity index (χ3v) is 4.27. The number of hydrogen-bond donors (Lipinski definition) is 1. The van der Waals surface area contributed by atoms with Crippen LogP contribution in [0, 0.1) is 13.8 Å². The Labute approximate surface area is 133 Å². The molecule has 1 heterocycles. The highest BCUT2D eigenvalue weighted by atomic mass is 16.5. The Morgan fingerprint density at radius 1 is 1.23 bits per heavy atom. The van der Waals surface area contributed by atoms with Gasteiger partial charge in [-0.05, 0) is 62.4 Å². The van der Waals surface area contributed by atoms with Gasteiger partial charge in [0.15, 0.2) is 0 Å². The summed E-state index contributed by atoms with van der Waals surface area (Å²) in [6.45, 7) is 10.5. The summed E-state index contributed by atoms with van der Waals surface area (Å²) < 4.78 is 5.58. The summed E-state index contributed by atoms with van der Waals surface area (Å²) in [5, 5.41) is 3.28. The van der Waals surface area contributed by atoms with Crippen molar-refractivity contribution in [1.82, 2.24) is 10.2 Å². The van der Waals surface area contributed by atoms with Crippen molar-refractivity contribution in [2.75, 3.05) is 32.8 Å². The van der Waals surface area contributed by atoms with E-state index in [1.54, 1.807) is 0 Å². The normalized spacial score (nSPS) is 15.0. The molecular formula is C18H28N2O2. The molecule has 1 aliphatic heterocycles. The minimum Gasteiger partial charge on any atom is -0.494 e. The second-order valence-corrected chi connectivity index (χ2v) is 5.95. The number of aryl methyl sites for hydroxylation is 2. The van der Waals surface area contributed by atoms with E-state index in [4.69, 9.17) is 4.74 Å². The molecule has 0 aliphatic carbocycles. The smallest absolute Gasteiger partial charge is 0.222 e. The first kappa shape index (κ1) is 16.8. The van der Waals surface area contributed by atoms with E-state index in [1.807, 2.05) is 11.8 Å². The highest BCUT2D eigenvalue weighted by Gasteiger charge is 2.16. The van der Waals surface area contributed by atoms with Crippen LogP contribution in [-0.4, -0.2) is 43.6 Å². The van der Waals surface area contributed by atoms with E-state index in [0.717, 1.165) is 44.8 Å². The fourth-order valence-corrected chi connectivity index (χ4v) is 3.09. The molecule has 0 bridgehead atoms. The first-order valence-corrected chi connectivity index (χ1v) is 8.33. The van der Waals surface area contributed by atoms with Crippen molar-refractivity contribution in [3.05, 3.63) is 28.8 Å². The van der Waals surface area contributed by atoms with Gasteiger partial charge in [0.1, 0.15) is 5.75 Å². The number of amides is 1. The van der Waals surface area contributed by atoms with Crippen molar-refractivity contribution >= 4 is 5.91 Å². The molecule has 1 aromatic rings. The fraction of sp³-hybridized carbons (Fsp3) is 0.611. The van der Waals surface area contributed by atoms with Gasteiger partial charge in [0.05, 0.1) is 6.61 Å². The van der Waals surface area contributed by atoms with Crippen molar-refractivity contribution in [2.24, 2.45) is 0 Å². The second kappa shape index (κ2) is 8.18. The zero-order chi connectivity index (χ0) is 15.9. The highest BCUT2D eigenvalue weighted by Crippen LogP contribution is 2.23. The Hall–Kier alpha value is -1.55. The average molecular weight is 304 g/mol. The first-order valence-electron chi connectivity index (χ1n) is 8.33. The Bertz CT molecular complexity index is 485. The lowest BCUT2D eigenvalue weighted by molar-refractivity contribution is -0.131. The molecule has 4 heteroatoms. The molecule has 4 nitrogen and oxygen atoms in total. The van der Waals surface area contributed by atoms with Gasteiger partial charge in [-0.3, -0.25) is 4.79 Å². The number of nitrogens with one attached hydrogen (secondary N) is 1. The molecule has 1 aliphatic rings. The second-order valence-electron chi connectivity index (χ2n) is 5.95. The molecule has 0 unspecified atom stereocenters. The zero-order valence-electron chi connectivity index (χ0n) is 14.1. The Balaban J connectivity index is 1.87. The van der Waals surface area contributed by atoms with Crippen LogP contribution in [0.3, 0.4) is 0 Å². The molecule has 0 saturated carbocycles. The van der Waals surface area contributed by atoms with Gasteiger partial charge in [-0.2, -0.15) is 0 Å². The molecule has 0 aromatic heterocycles. The zero-order valence-corrected chi connectivity index (χ0v) is 14.1. The molecule has 1 fully saturated rings. The number of ether oxygens (including phenoxy) is 1. The van der Waals surface area contributed by atoms with Crippen molar-refractivity contribution in [3.63, 3.8) is 0 Å². The Morgan fingerprint density at radius 3 is 2.45 bits per heavy atom. The molecular weight excluding hydrogens is 276 g/mol. The molecule has 2 rings (SSSR count). The standard InChI is InChI=1S/C18H28N2O2/c1-4-22-16-12-14(2)17(15(3)13-16)6-5-7-18(21)20-10-8-19-9-11-20/h12-13,19H,4-11H2,1-3H3. The van der Waals surface area contributed by atoms with Crippen molar-refractivity contribution in [1.29, 1.82) is 0 Å². The number of hydrogen-bond acceptors (Lipinski definition) is 3. The van der Waals surface area contributed by atoms with Gasteiger partial charge in [0.2, 0.25) is 5.91 Å². The molecule has 0 atom stereocenters.